The lowest BCUT2D eigenvalue weighted by Gasteiger charge is -2.39. The van der Waals surface area contributed by atoms with Gasteiger partial charge in [-0.1, -0.05) is 19.1 Å². The Labute approximate surface area is 118 Å². The summed E-state index contributed by atoms with van der Waals surface area (Å²) in [5.41, 5.74) is 1.72. The zero-order chi connectivity index (χ0) is 14.0. The fraction of sp³-hybridized carbons (Fsp3) is 0.438. The summed E-state index contributed by atoms with van der Waals surface area (Å²) in [5.74, 6) is 0.840. The van der Waals surface area contributed by atoms with Gasteiger partial charge in [0.2, 0.25) is 0 Å². The monoisotopic (exact) mass is 273 g/mol. The van der Waals surface area contributed by atoms with Gasteiger partial charge in [0.25, 0.3) is 0 Å². The number of benzene rings is 1. The molecular formula is C16H19NO3. The van der Waals surface area contributed by atoms with Gasteiger partial charge >= 0.3 is 0 Å². The molecule has 0 amide bonds. The summed E-state index contributed by atoms with van der Waals surface area (Å²) in [6.07, 6.45) is 0.870. The van der Waals surface area contributed by atoms with E-state index < -0.39 is 0 Å². The van der Waals surface area contributed by atoms with Crippen molar-refractivity contribution >= 4 is 10.9 Å². The van der Waals surface area contributed by atoms with Crippen molar-refractivity contribution < 1.29 is 14.6 Å². The van der Waals surface area contributed by atoms with E-state index in [4.69, 9.17) is 9.47 Å². The van der Waals surface area contributed by atoms with Gasteiger partial charge in [-0.2, -0.15) is 0 Å². The van der Waals surface area contributed by atoms with Gasteiger partial charge in [0, 0.05) is 17.1 Å². The van der Waals surface area contributed by atoms with Crippen LogP contribution in [0.3, 0.4) is 0 Å². The molecular weight excluding hydrogens is 254 g/mol. The Hall–Kier alpha value is -1.65. The highest BCUT2D eigenvalue weighted by molar-refractivity contribution is 5.85. The van der Waals surface area contributed by atoms with E-state index in [1.807, 2.05) is 30.3 Å². The smallest absolute Gasteiger partial charge is 0.130 e. The number of aromatic nitrogens is 1. The third-order valence-electron chi connectivity index (χ3n) is 3.78. The molecule has 0 aliphatic carbocycles. The normalized spacial score (nSPS) is 16.9. The van der Waals surface area contributed by atoms with Gasteiger partial charge in [-0.3, -0.25) is 4.98 Å². The maximum Gasteiger partial charge on any atom is 0.130 e. The Morgan fingerprint density at radius 1 is 1.35 bits per heavy atom. The maximum absolute atomic E-state index is 9.46. The van der Waals surface area contributed by atoms with Crippen molar-refractivity contribution in [2.45, 2.75) is 13.3 Å². The first-order valence-electron chi connectivity index (χ1n) is 6.96. The molecule has 106 valence electrons. The molecule has 1 saturated heterocycles. The standard InChI is InChI=1S/C16H19NO3/c1-2-12-7-15(13-5-3-4-6-14(13)17-12)20-11-16(8-18)9-19-10-16/h3-7,18H,2,8-11H2,1H3. The number of ether oxygens (including phenoxy) is 2. The highest BCUT2D eigenvalue weighted by atomic mass is 16.5. The Morgan fingerprint density at radius 2 is 2.15 bits per heavy atom. The number of aryl methyl sites for hydroxylation is 1. The molecule has 3 rings (SSSR count). The minimum Gasteiger partial charge on any atom is -0.492 e. The summed E-state index contributed by atoms with van der Waals surface area (Å²) in [4.78, 5) is 4.60. The molecule has 0 saturated carbocycles. The van der Waals surface area contributed by atoms with Crippen molar-refractivity contribution in [3.63, 3.8) is 0 Å². The number of fused-ring (bicyclic) bond motifs is 1. The van der Waals surface area contributed by atoms with Gasteiger partial charge < -0.3 is 14.6 Å². The van der Waals surface area contributed by atoms with Crippen LogP contribution in [0, 0.1) is 5.41 Å². The Kier molecular flexibility index (Phi) is 3.59. The van der Waals surface area contributed by atoms with Crippen LogP contribution in [0.5, 0.6) is 5.75 Å². The van der Waals surface area contributed by atoms with Gasteiger partial charge in [-0.15, -0.1) is 0 Å². The third kappa shape index (κ3) is 2.37. The predicted molar refractivity (Wildman–Crippen MR) is 77.0 cm³/mol. The third-order valence-corrected chi connectivity index (χ3v) is 3.78. The number of nitrogens with zero attached hydrogens (tertiary/aromatic N) is 1. The molecule has 1 N–H and O–H groups in total. The summed E-state index contributed by atoms with van der Waals surface area (Å²) in [7, 11) is 0. The summed E-state index contributed by atoms with van der Waals surface area (Å²) in [6.45, 7) is 3.77. The minimum absolute atomic E-state index is 0.0939. The van der Waals surface area contributed by atoms with Gasteiger partial charge in [-0.05, 0) is 18.6 Å². The van der Waals surface area contributed by atoms with Crippen LogP contribution in [0.25, 0.3) is 10.9 Å². The lowest BCUT2D eigenvalue weighted by Crippen LogP contribution is -2.49. The van der Waals surface area contributed by atoms with Crippen LogP contribution in [0.15, 0.2) is 30.3 Å². The summed E-state index contributed by atoms with van der Waals surface area (Å²) < 4.78 is 11.2. The Morgan fingerprint density at radius 3 is 2.80 bits per heavy atom. The Bertz CT molecular complexity index is 602. The van der Waals surface area contributed by atoms with E-state index in [2.05, 4.69) is 11.9 Å². The van der Waals surface area contributed by atoms with E-state index in [1.165, 1.54) is 0 Å². The lowest BCUT2D eigenvalue weighted by molar-refractivity contribution is -0.153. The average molecular weight is 273 g/mol. The maximum atomic E-state index is 9.46. The number of rotatable bonds is 5. The summed E-state index contributed by atoms with van der Waals surface area (Å²) in [5, 5.41) is 10.5. The zero-order valence-corrected chi connectivity index (χ0v) is 11.6. The fourth-order valence-electron chi connectivity index (χ4n) is 2.34. The van der Waals surface area contributed by atoms with Gasteiger partial charge in [0.1, 0.15) is 12.4 Å². The van der Waals surface area contributed by atoms with E-state index in [9.17, 15) is 5.11 Å². The molecule has 0 radical (unpaired) electrons. The van der Waals surface area contributed by atoms with Gasteiger partial charge in [-0.25, -0.2) is 0 Å². The molecule has 1 aromatic carbocycles. The van der Waals surface area contributed by atoms with Crippen molar-refractivity contribution in [3.8, 4) is 5.75 Å². The number of pyridine rings is 1. The molecule has 1 aromatic heterocycles. The fourth-order valence-corrected chi connectivity index (χ4v) is 2.34. The lowest BCUT2D eigenvalue weighted by atomic mass is 9.88. The molecule has 1 fully saturated rings. The number of hydrogen-bond donors (Lipinski definition) is 1. The van der Waals surface area contributed by atoms with E-state index >= 15 is 0 Å². The van der Waals surface area contributed by atoms with Crippen LogP contribution < -0.4 is 4.74 Å². The van der Waals surface area contributed by atoms with E-state index in [0.717, 1.165) is 28.8 Å². The van der Waals surface area contributed by atoms with Crippen LogP contribution in [-0.2, 0) is 11.2 Å². The molecule has 1 aliphatic rings. The first-order chi connectivity index (χ1) is 9.76. The predicted octanol–water partition coefficient (Wildman–Crippen LogP) is 2.18. The van der Waals surface area contributed by atoms with Crippen LogP contribution >= 0.6 is 0 Å². The van der Waals surface area contributed by atoms with Crippen molar-refractivity contribution in [1.82, 2.24) is 4.98 Å². The summed E-state index contributed by atoms with van der Waals surface area (Å²) in [6, 6.07) is 9.97. The van der Waals surface area contributed by atoms with Gasteiger partial charge in [0.15, 0.2) is 0 Å². The second-order valence-electron chi connectivity index (χ2n) is 5.42. The van der Waals surface area contributed by atoms with E-state index in [-0.39, 0.29) is 12.0 Å². The molecule has 0 unspecified atom stereocenters. The number of para-hydroxylation sites is 1. The quantitative estimate of drug-likeness (QED) is 0.907. The van der Waals surface area contributed by atoms with Crippen molar-refractivity contribution in [2.24, 2.45) is 5.41 Å². The molecule has 1 aliphatic heterocycles. The average Bonchev–Trinajstić information content (AvgIpc) is 2.46. The molecule has 0 atom stereocenters. The molecule has 20 heavy (non-hydrogen) atoms. The zero-order valence-electron chi connectivity index (χ0n) is 11.6. The van der Waals surface area contributed by atoms with Crippen molar-refractivity contribution in [3.05, 3.63) is 36.0 Å². The second-order valence-corrected chi connectivity index (χ2v) is 5.42. The molecule has 0 bridgehead atoms. The Balaban J connectivity index is 1.89. The minimum atomic E-state index is -0.239. The van der Waals surface area contributed by atoms with E-state index in [1.54, 1.807) is 0 Å². The van der Waals surface area contributed by atoms with Crippen molar-refractivity contribution in [1.29, 1.82) is 0 Å². The van der Waals surface area contributed by atoms with E-state index in [0.29, 0.717) is 19.8 Å². The molecule has 2 heterocycles. The molecule has 4 heteroatoms. The molecule has 2 aromatic rings. The highest BCUT2D eigenvalue weighted by Crippen LogP contribution is 2.31. The first kappa shape index (κ1) is 13.3. The number of aliphatic hydroxyl groups excluding tert-OH is 1. The SMILES string of the molecule is CCc1cc(OCC2(CO)COC2)c2ccccc2n1. The topological polar surface area (TPSA) is 51.6 Å². The number of aliphatic hydroxyl groups is 1. The van der Waals surface area contributed by atoms with Crippen LogP contribution in [0.2, 0.25) is 0 Å². The number of hydrogen-bond acceptors (Lipinski definition) is 4. The second kappa shape index (κ2) is 5.38. The van der Waals surface area contributed by atoms with Crippen LogP contribution in [0.4, 0.5) is 0 Å². The molecule has 4 nitrogen and oxygen atoms in total. The largest absolute Gasteiger partial charge is 0.492 e. The first-order valence-corrected chi connectivity index (χ1v) is 6.96. The van der Waals surface area contributed by atoms with Crippen LogP contribution in [0.1, 0.15) is 12.6 Å². The molecule has 0 spiro atoms. The van der Waals surface area contributed by atoms with Gasteiger partial charge in [0.05, 0.1) is 30.8 Å². The highest BCUT2D eigenvalue weighted by Gasteiger charge is 2.39. The summed E-state index contributed by atoms with van der Waals surface area (Å²) >= 11 is 0. The van der Waals surface area contributed by atoms with Crippen LogP contribution in [-0.4, -0.2) is 36.5 Å². The van der Waals surface area contributed by atoms with Crippen molar-refractivity contribution in [2.75, 3.05) is 26.4 Å².